The molecule has 0 unspecified atom stereocenters. The number of ether oxygens (including phenoxy) is 1. The van der Waals surface area contributed by atoms with Crippen LogP contribution >= 0.6 is 11.8 Å². The molecule has 0 N–H and O–H groups in total. The zero-order valence-electron chi connectivity index (χ0n) is 13.6. The Balaban J connectivity index is 2.54. The van der Waals surface area contributed by atoms with E-state index in [0.717, 1.165) is 9.46 Å². The molecule has 7 heteroatoms. The van der Waals surface area contributed by atoms with Crippen molar-refractivity contribution in [3.63, 3.8) is 0 Å². The molecule has 0 saturated heterocycles. The smallest absolute Gasteiger partial charge is 0.286 e. The Morgan fingerprint density at radius 3 is 2.62 bits per heavy atom. The number of methoxy groups -OCH3 is 1. The average molecular weight is 353 g/mol. The zero-order chi connectivity index (χ0) is 17.9. The Morgan fingerprint density at radius 1 is 1.33 bits per heavy atom. The fourth-order valence-corrected chi connectivity index (χ4v) is 2.77. The molecule has 128 valence electrons. The average Bonchev–Trinajstić information content (AvgIpc) is 2.56. The molecule has 0 spiro atoms. The lowest BCUT2D eigenvalue weighted by Gasteiger charge is -2.12. The summed E-state index contributed by atoms with van der Waals surface area (Å²) >= 11 is 1.38. The maximum atomic E-state index is 14.4. The lowest BCUT2D eigenvalue weighted by molar-refractivity contribution is 0.0845. The number of ketones is 1. The first-order valence-corrected chi connectivity index (χ1v) is 8.34. The Morgan fingerprint density at radius 2 is 2.04 bits per heavy atom. The molecule has 2 rings (SSSR count). The van der Waals surface area contributed by atoms with Crippen molar-refractivity contribution in [2.75, 3.05) is 20.0 Å². The van der Waals surface area contributed by atoms with Crippen LogP contribution in [0.3, 0.4) is 0 Å². The first-order valence-electron chi connectivity index (χ1n) is 7.11. The number of nitrogens with zero attached hydrogens (tertiary/aromatic N) is 1. The van der Waals surface area contributed by atoms with Gasteiger partial charge in [0.2, 0.25) is 0 Å². The van der Waals surface area contributed by atoms with E-state index in [1.54, 1.807) is 6.07 Å². The summed E-state index contributed by atoms with van der Waals surface area (Å²) in [4.78, 5) is 24.7. The Bertz CT molecular complexity index is 833. The lowest BCUT2D eigenvalue weighted by atomic mass is 9.98. The summed E-state index contributed by atoms with van der Waals surface area (Å²) in [5.41, 5.74) is -0.743. The molecule has 0 aliphatic rings. The highest BCUT2D eigenvalue weighted by Gasteiger charge is 2.21. The summed E-state index contributed by atoms with van der Waals surface area (Å²) in [7, 11) is 2.70. The number of aryl methyl sites for hydroxylation is 1. The number of thioether (sulfide) groups is 1. The zero-order valence-corrected chi connectivity index (χ0v) is 14.4. The topological polar surface area (TPSA) is 48.3 Å². The summed E-state index contributed by atoms with van der Waals surface area (Å²) in [5, 5.41) is 0. The van der Waals surface area contributed by atoms with Gasteiger partial charge in [-0.25, -0.2) is 8.78 Å². The van der Waals surface area contributed by atoms with E-state index in [-0.39, 0.29) is 29.7 Å². The van der Waals surface area contributed by atoms with Gasteiger partial charge >= 0.3 is 0 Å². The van der Waals surface area contributed by atoms with Crippen LogP contribution in [-0.4, -0.2) is 30.3 Å². The van der Waals surface area contributed by atoms with E-state index in [0.29, 0.717) is 0 Å². The summed E-state index contributed by atoms with van der Waals surface area (Å²) in [5.74, 6) is -2.02. The molecule has 0 bridgehead atoms. The highest BCUT2D eigenvalue weighted by Crippen LogP contribution is 2.22. The first kappa shape index (κ1) is 18.4. The van der Waals surface area contributed by atoms with Gasteiger partial charge in [-0.05, 0) is 24.0 Å². The summed E-state index contributed by atoms with van der Waals surface area (Å²) in [6.07, 6.45) is 2.89. The van der Waals surface area contributed by atoms with Gasteiger partial charge in [-0.1, -0.05) is 6.07 Å². The van der Waals surface area contributed by atoms with E-state index >= 15 is 0 Å². The molecule has 0 atom stereocenters. The van der Waals surface area contributed by atoms with E-state index in [4.69, 9.17) is 4.74 Å². The van der Waals surface area contributed by atoms with Gasteiger partial charge in [0.15, 0.2) is 11.6 Å². The molecule has 0 saturated carbocycles. The first-order chi connectivity index (χ1) is 11.4. The van der Waals surface area contributed by atoms with Crippen molar-refractivity contribution < 1.29 is 18.3 Å². The van der Waals surface area contributed by atoms with Crippen LogP contribution in [0.1, 0.15) is 21.5 Å². The second kappa shape index (κ2) is 7.72. The van der Waals surface area contributed by atoms with Crippen molar-refractivity contribution in [1.29, 1.82) is 0 Å². The van der Waals surface area contributed by atoms with Crippen LogP contribution in [0.2, 0.25) is 0 Å². The molecule has 1 aromatic carbocycles. The highest BCUT2D eigenvalue weighted by atomic mass is 32.2. The number of carbonyl (C=O) groups is 1. The van der Waals surface area contributed by atoms with Crippen molar-refractivity contribution in [3.05, 3.63) is 63.1 Å². The molecule has 0 amide bonds. The largest absolute Gasteiger partial charge is 0.377 e. The Hall–Kier alpha value is -1.99. The molecule has 1 heterocycles. The van der Waals surface area contributed by atoms with Crippen LogP contribution in [0, 0.1) is 11.6 Å². The van der Waals surface area contributed by atoms with E-state index < -0.39 is 23.0 Å². The quantitative estimate of drug-likeness (QED) is 0.592. The van der Waals surface area contributed by atoms with Gasteiger partial charge < -0.3 is 9.30 Å². The van der Waals surface area contributed by atoms with Crippen LogP contribution in [0.5, 0.6) is 0 Å². The molecule has 0 aliphatic carbocycles. The Kier molecular flexibility index (Phi) is 5.90. The molecule has 0 aliphatic heterocycles. The molecule has 24 heavy (non-hydrogen) atoms. The lowest BCUT2D eigenvalue weighted by Crippen LogP contribution is -2.26. The van der Waals surface area contributed by atoms with Crippen LogP contribution in [0.25, 0.3) is 0 Å². The summed E-state index contributed by atoms with van der Waals surface area (Å²) in [6, 6.07) is 4.58. The standard InChI is InChI=1S/C17H17F2NO3S/c1-20-8-13(15(21)9-23-2)12(16(19)17(20)22)6-10-4-5-11(24-3)7-14(10)18/h4-5,7-8H,6,9H2,1-3H3. The Labute approximate surface area is 142 Å². The van der Waals surface area contributed by atoms with E-state index in [1.165, 1.54) is 44.2 Å². The van der Waals surface area contributed by atoms with E-state index in [1.807, 2.05) is 6.26 Å². The number of Topliss-reactive ketones (excluding diaryl/α,β-unsaturated/α-hetero) is 1. The predicted molar refractivity (Wildman–Crippen MR) is 88.8 cm³/mol. The van der Waals surface area contributed by atoms with Gasteiger partial charge in [-0.2, -0.15) is 0 Å². The van der Waals surface area contributed by atoms with Crippen molar-refractivity contribution in [3.8, 4) is 0 Å². The molecule has 1 aromatic heterocycles. The monoisotopic (exact) mass is 353 g/mol. The van der Waals surface area contributed by atoms with Crippen LogP contribution in [-0.2, 0) is 18.2 Å². The number of halogens is 2. The van der Waals surface area contributed by atoms with E-state index in [2.05, 4.69) is 0 Å². The molecule has 2 aromatic rings. The normalized spacial score (nSPS) is 10.9. The van der Waals surface area contributed by atoms with Crippen molar-refractivity contribution in [2.24, 2.45) is 7.05 Å². The van der Waals surface area contributed by atoms with Crippen LogP contribution in [0.15, 0.2) is 34.1 Å². The third-order valence-corrected chi connectivity index (χ3v) is 4.35. The predicted octanol–water partition coefficient (Wildman–Crippen LogP) is 2.81. The van der Waals surface area contributed by atoms with E-state index in [9.17, 15) is 18.4 Å². The number of rotatable bonds is 6. The number of carbonyl (C=O) groups excluding carboxylic acids is 1. The van der Waals surface area contributed by atoms with Gasteiger partial charge in [-0.3, -0.25) is 9.59 Å². The van der Waals surface area contributed by atoms with Gasteiger partial charge in [0, 0.05) is 42.8 Å². The SMILES string of the molecule is COCC(=O)c1cn(C)c(=O)c(F)c1Cc1ccc(SC)cc1F. The summed E-state index contributed by atoms with van der Waals surface area (Å²) < 4.78 is 34.4. The third-order valence-electron chi connectivity index (χ3n) is 3.62. The van der Waals surface area contributed by atoms with Gasteiger partial charge in [-0.15, -0.1) is 11.8 Å². The minimum atomic E-state index is -1.05. The third kappa shape index (κ3) is 3.73. The minimum Gasteiger partial charge on any atom is -0.377 e. The molecule has 0 fully saturated rings. The van der Waals surface area contributed by atoms with Gasteiger partial charge in [0.1, 0.15) is 12.4 Å². The highest BCUT2D eigenvalue weighted by molar-refractivity contribution is 7.98. The fourth-order valence-electron chi connectivity index (χ4n) is 2.34. The van der Waals surface area contributed by atoms with Gasteiger partial charge in [0.25, 0.3) is 5.56 Å². The van der Waals surface area contributed by atoms with Crippen molar-refractivity contribution >= 4 is 17.5 Å². The minimum absolute atomic E-state index is 0.0183. The molecule has 0 radical (unpaired) electrons. The maximum Gasteiger partial charge on any atom is 0.286 e. The number of pyridine rings is 1. The van der Waals surface area contributed by atoms with Crippen LogP contribution in [0.4, 0.5) is 8.78 Å². The number of hydrogen-bond acceptors (Lipinski definition) is 4. The molecule has 4 nitrogen and oxygen atoms in total. The number of benzene rings is 1. The number of hydrogen-bond donors (Lipinski definition) is 0. The molecular formula is C17H17F2NO3S. The number of aromatic nitrogens is 1. The molecular weight excluding hydrogens is 336 g/mol. The maximum absolute atomic E-state index is 14.4. The second-order valence-electron chi connectivity index (χ2n) is 5.24. The fraction of sp³-hybridized carbons (Fsp3) is 0.294. The van der Waals surface area contributed by atoms with Crippen molar-refractivity contribution in [1.82, 2.24) is 4.57 Å². The van der Waals surface area contributed by atoms with Gasteiger partial charge in [0.05, 0.1) is 0 Å². The van der Waals surface area contributed by atoms with Crippen LogP contribution < -0.4 is 5.56 Å². The summed E-state index contributed by atoms with van der Waals surface area (Å²) in [6.45, 7) is -0.251. The van der Waals surface area contributed by atoms with Crippen molar-refractivity contribution in [2.45, 2.75) is 11.3 Å². The second-order valence-corrected chi connectivity index (χ2v) is 6.12.